The van der Waals surface area contributed by atoms with Gasteiger partial charge >= 0.3 is 23.7 Å². The molecule has 0 bridgehead atoms. The molecule has 0 spiro atoms. The molecule has 0 aliphatic rings. The molecule has 0 radical (unpaired) electrons. The number of ether oxygens (including phenoxy) is 2. The van der Waals surface area contributed by atoms with Gasteiger partial charge in [0.05, 0.1) is 0 Å². The van der Waals surface area contributed by atoms with E-state index >= 15 is 0 Å². The van der Waals surface area contributed by atoms with Crippen LogP contribution in [0.2, 0.25) is 0 Å². The molecule has 0 unspecified atom stereocenters. The molecule has 0 fully saturated rings. The highest BCUT2D eigenvalue weighted by atomic mass is 16.7. The first-order valence-electron chi connectivity index (χ1n) is 4.95. The van der Waals surface area contributed by atoms with Crippen molar-refractivity contribution in [1.82, 2.24) is 0 Å². The molecule has 0 heterocycles. The minimum absolute atomic E-state index is 0.0855. The Labute approximate surface area is 106 Å². The summed E-state index contributed by atoms with van der Waals surface area (Å²) in [5, 5.41) is 26.3. The van der Waals surface area contributed by atoms with Gasteiger partial charge in [0.2, 0.25) is 0 Å². The number of carboxylic acid groups (broad SMARTS) is 3. The van der Waals surface area contributed by atoms with Gasteiger partial charge in [-0.05, 0) is 12.1 Å². The Morgan fingerprint density at radius 1 is 1.00 bits per heavy atom. The maximum Gasteiger partial charge on any atom is 0.411 e. The van der Waals surface area contributed by atoms with E-state index in [1.165, 1.54) is 24.3 Å². The Kier molecular flexibility index (Phi) is 4.43. The van der Waals surface area contributed by atoms with Gasteiger partial charge in [-0.3, -0.25) is 0 Å². The Bertz CT molecular complexity index is 467. The van der Waals surface area contributed by atoms with Crippen molar-refractivity contribution < 1.29 is 39.2 Å². The molecule has 1 aromatic rings. The lowest BCUT2D eigenvalue weighted by Crippen LogP contribution is -2.55. The van der Waals surface area contributed by atoms with Gasteiger partial charge in [0.15, 0.2) is 0 Å². The van der Waals surface area contributed by atoms with Crippen molar-refractivity contribution in [2.75, 3.05) is 6.61 Å². The SMILES string of the molecule is O=C(O)COC(Oc1ccccc1)(C(=O)O)C(=O)O. The third-order valence-corrected chi connectivity index (χ3v) is 1.97. The molecule has 0 saturated heterocycles. The molecule has 8 nitrogen and oxygen atoms in total. The van der Waals surface area contributed by atoms with Gasteiger partial charge in [-0.2, -0.15) is 0 Å². The summed E-state index contributed by atoms with van der Waals surface area (Å²) in [6.45, 7) is -1.13. The molecule has 102 valence electrons. The molecular formula is C11H10O8. The van der Waals surface area contributed by atoms with Crippen LogP contribution in [0.15, 0.2) is 30.3 Å². The Morgan fingerprint density at radius 2 is 1.53 bits per heavy atom. The van der Waals surface area contributed by atoms with Crippen LogP contribution in [0, 0.1) is 0 Å². The number of benzene rings is 1. The van der Waals surface area contributed by atoms with Gasteiger partial charge in [-0.1, -0.05) is 18.2 Å². The Balaban J connectivity index is 3.06. The van der Waals surface area contributed by atoms with Gasteiger partial charge in [0.1, 0.15) is 12.4 Å². The summed E-state index contributed by atoms with van der Waals surface area (Å²) in [5.74, 6) is -8.66. The molecule has 0 aliphatic carbocycles. The van der Waals surface area contributed by atoms with E-state index in [1.807, 2.05) is 0 Å². The first kappa shape index (κ1) is 14.5. The lowest BCUT2D eigenvalue weighted by atomic mass is 10.2. The predicted molar refractivity (Wildman–Crippen MR) is 58.7 cm³/mol. The standard InChI is InChI=1S/C11H10O8/c12-8(13)6-18-11(9(14)15,10(16)17)19-7-4-2-1-3-5-7/h1-5H,6H2,(H,12,13)(H,14,15)(H,16,17). The number of carbonyl (C=O) groups is 3. The molecule has 0 aromatic heterocycles. The second-order valence-electron chi connectivity index (χ2n) is 3.32. The monoisotopic (exact) mass is 270 g/mol. The van der Waals surface area contributed by atoms with E-state index in [9.17, 15) is 14.4 Å². The van der Waals surface area contributed by atoms with Crippen LogP contribution in [0.25, 0.3) is 0 Å². The predicted octanol–water partition coefficient (Wildman–Crippen LogP) is 0.0321. The summed E-state index contributed by atoms with van der Waals surface area (Å²) in [5.41, 5.74) is 0. The smallest absolute Gasteiger partial charge is 0.411 e. The van der Waals surface area contributed by atoms with Gasteiger partial charge in [0, 0.05) is 0 Å². The van der Waals surface area contributed by atoms with Crippen molar-refractivity contribution in [3.8, 4) is 5.75 Å². The third kappa shape index (κ3) is 3.42. The van der Waals surface area contributed by atoms with Crippen molar-refractivity contribution >= 4 is 17.9 Å². The molecule has 1 aromatic carbocycles. The van der Waals surface area contributed by atoms with Crippen LogP contribution in [0.3, 0.4) is 0 Å². The topological polar surface area (TPSA) is 130 Å². The second kappa shape index (κ2) is 5.83. The summed E-state index contributed by atoms with van der Waals surface area (Å²) < 4.78 is 9.19. The van der Waals surface area contributed by atoms with Gasteiger partial charge in [-0.25, -0.2) is 14.4 Å². The van der Waals surface area contributed by atoms with E-state index in [1.54, 1.807) is 6.07 Å². The maximum absolute atomic E-state index is 11.1. The first-order chi connectivity index (χ1) is 8.88. The summed E-state index contributed by atoms with van der Waals surface area (Å²) in [4.78, 5) is 32.5. The average Bonchev–Trinajstić information content (AvgIpc) is 2.34. The fourth-order valence-electron chi connectivity index (χ4n) is 1.15. The highest BCUT2D eigenvalue weighted by Gasteiger charge is 2.52. The zero-order valence-corrected chi connectivity index (χ0v) is 9.48. The summed E-state index contributed by atoms with van der Waals surface area (Å²) >= 11 is 0. The first-order valence-corrected chi connectivity index (χ1v) is 4.95. The van der Waals surface area contributed by atoms with Gasteiger partial charge < -0.3 is 24.8 Å². The fraction of sp³-hybridized carbons (Fsp3) is 0.182. The van der Waals surface area contributed by atoms with Crippen molar-refractivity contribution in [3.63, 3.8) is 0 Å². The van der Waals surface area contributed by atoms with E-state index in [-0.39, 0.29) is 5.75 Å². The molecule has 0 saturated carbocycles. The number of para-hydroxylation sites is 1. The minimum Gasteiger partial charge on any atom is -0.480 e. The Hall–Kier alpha value is -2.61. The van der Waals surface area contributed by atoms with Crippen LogP contribution in [0.1, 0.15) is 0 Å². The zero-order chi connectivity index (χ0) is 14.5. The van der Waals surface area contributed by atoms with Crippen molar-refractivity contribution in [2.45, 2.75) is 5.79 Å². The molecule has 0 atom stereocenters. The molecular weight excluding hydrogens is 260 g/mol. The van der Waals surface area contributed by atoms with Crippen molar-refractivity contribution in [3.05, 3.63) is 30.3 Å². The van der Waals surface area contributed by atoms with E-state index < -0.39 is 30.3 Å². The van der Waals surface area contributed by atoms with Crippen LogP contribution in [-0.4, -0.2) is 45.6 Å². The highest BCUT2D eigenvalue weighted by Crippen LogP contribution is 2.20. The van der Waals surface area contributed by atoms with Gasteiger partial charge in [-0.15, -0.1) is 0 Å². The number of hydrogen-bond donors (Lipinski definition) is 3. The summed E-state index contributed by atoms with van der Waals surface area (Å²) in [7, 11) is 0. The molecule has 19 heavy (non-hydrogen) atoms. The van der Waals surface area contributed by atoms with E-state index in [0.29, 0.717) is 0 Å². The average molecular weight is 270 g/mol. The summed E-state index contributed by atoms with van der Waals surface area (Å²) in [6, 6.07) is 7.20. The van der Waals surface area contributed by atoms with Crippen LogP contribution in [-0.2, 0) is 19.1 Å². The minimum atomic E-state index is -3.11. The van der Waals surface area contributed by atoms with Crippen molar-refractivity contribution in [2.24, 2.45) is 0 Å². The molecule has 3 N–H and O–H groups in total. The molecule has 0 aliphatic heterocycles. The highest BCUT2D eigenvalue weighted by molar-refractivity contribution is 6.00. The lowest BCUT2D eigenvalue weighted by Gasteiger charge is -2.25. The fourth-order valence-corrected chi connectivity index (χ4v) is 1.15. The number of aliphatic carboxylic acids is 3. The van der Waals surface area contributed by atoms with E-state index in [2.05, 4.69) is 4.74 Å². The van der Waals surface area contributed by atoms with E-state index in [4.69, 9.17) is 20.1 Å². The number of hydrogen-bond acceptors (Lipinski definition) is 5. The summed E-state index contributed by atoms with van der Waals surface area (Å²) in [6.07, 6.45) is 0. The number of carboxylic acids is 3. The number of rotatable bonds is 7. The molecule has 8 heteroatoms. The van der Waals surface area contributed by atoms with Crippen LogP contribution in [0.4, 0.5) is 0 Å². The largest absolute Gasteiger partial charge is 0.480 e. The normalized spacial score (nSPS) is 10.7. The maximum atomic E-state index is 11.1. The van der Waals surface area contributed by atoms with Crippen molar-refractivity contribution in [1.29, 1.82) is 0 Å². The van der Waals surface area contributed by atoms with E-state index in [0.717, 1.165) is 0 Å². The second-order valence-corrected chi connectivity index (χ2v) is 3.32. The van der Waals surface area contributed by atoms with Gasteiger partial charge in [0.25, 0.3) is 0 Å². The quantitative estimate of drug-likeness (QED) is 0.467. The van der Waals surface area contributed by atoms with Crippen LogP contribution < -0.4 is 4.74 Å². The molecule has 1 rings (SSSR count). The third-order valence-electron chi connectivity index (χ3n) is 1.97. The zero-order valence-electron chi connectivity index (χ0n) is 9.48. The molecule has 0 amide bonds. The Morgan fingerprint density at radius 3 is 1.95 bits per heavy atom. The van der Waals surface area contributed by atoms with Crippen LogP contribution >= 0.6 is 0 Å². The lowest BCUT2D eigenvalue weighted by molar-refractivity contribution is -0.223. The van der Waals surface area contributed by atoms with Crippen LogP contribution in [0.5, 0.6) is 5.75 Å².